The number of piperazine rings is 1. The highest BCUT2D eigenvalue weighted by molar-refractivity contribution is 6.31. The maximum Gasteiger partial charge on any atom is 0.254 e. The lowest BCUT2D eigenvalue weighted by molar-refractivity contribution is -0.166. The molecule has 3 aromatic carbocycles. The minimum absolute atomic E-state index is 0.0606. The van der Waals surface area contributed by atoms with Crippen LogP contribution in [0.25, 0.3) is 10.9 Å². The average molecular weight is 518 g/mol. The number of carbonyl (C=O) groups is 2. The van der Waals surface area contributed by atoms with E-state index >= 15 is 0 Å². The van der Waals surface area contributed by atoms with Gasteiger partial charge < -0.3 is 14.8 Å². The summed E-state index contributed by atoms with van der Waals surface area (Å²) in [5.41, 5.74) is 3.66. The number of aromatic amines is 1. The molecule has 7 heteroatoms. The number of carbonyl (C=O) groups excluding carboxylic acids is 2. The van der Waals surface area contributed by atoms with Crippen molar-refractivity contribution in [2.24, 2.45) is 0 Å². The first-order chi connectivity index (χ1) is 17.4. The molecule has 1 N–H and O–H groups in total. The Morgan fingerprint density at radius 1 is 0.972 bits per heavy atom. The standard InChI is InChI=1S/C29H25Cl2N3O2/c1-29-27-26(21-7-3-5-9-24(21)32-27)22(20-6-2-4-8-23(20)31)16-34(29)25(35)17-33(28(29)36)15-14-18-10-12-19(30)13-11-18/h2-13,22,32H,14-17H2,1H3/t22?,29-/m0/s1. The predicted molar refractivity (Wildman–Crippen MR) is 142 cm³/mol. The smallest absolute Gasteiger partial charge is 0.254 e. The lowest BCUT2D eigenvalue weighted by atomic mass is 9.76. The molecular weight excluding hydrogens is 493 g/mol. The summed E-state index contributed by atoms with van der Waals surface area (Å²) in [4.78, 5) is 34.7. The molecule has 2 amide bonds. The molecule has 4 aromatic rings. The molecule has 1 fully saturated rings. The van der Waals surface area contributed by atoms with Crippen LogP contribution in [0.1, 0.15) is 35.2 Å². The summed E-state index contributed by atoms with van der Waals surface area (Å²) in [6.07, 6.45) is 0.647. The fourth-order valence-electron chi connectivity index (χ4n) is 5.81. The Kier molecular flexibility index (Phi) is 5.58. The number of nitrogens with zero attached hydrogens (tertiary/aromatic N) is 2. The summed E-state index contributed by atoms with van der Waals surface area (Å²) in [5, 5.41) is 2.38. The summed E-state index contributed by atoms with van der Waals surface area (Å²) in [7, 11) is 0. The number of nitrogens with one attached hydrogen (secondary N) is 1. The first-order valence-corrected chi connectivity index (χ1v) is 12.8. The summed E-state index contributed by atoms with van der Waals surface area (Å²) >= 11 is 12.7. The van der Waals surface area contributed by atoms with Gasteiger partial charge in [0.05, 0.1) is 12.2 Å². The van der Waals surface area contributed by atoms with Crippen molar-refractivity contribution < 1.29 is 9.59 Å². The van der Waals surface area contributed by atoms with E-state index in [2.05, 4.69) is 11.1 Å². The van der Waals surface area contributed by atoms with Crippen LogP contribution in [0.3, 0.4) is 0 Å². The van der Waals surface area contributed by atoms with E-state index in [4.69, 9.17) is 23.2 Å². The summed E-state index contributed by atoms with van der Waals surface area (Å²) in [5.74, 6) is -0.272. The van der Waals surface area contributed by atoms with Crippen molar-refractivity contribution in [3.8, 4) is 0 Å². The number of amides is 2. The Bertz CT molecular complexity index is 1500. The van der Waals surface area contributed by atoms with Crippen LogP contribution in [-0.4, -0.2) is 46.2 Å². The highest BCUT2D eigenvalue weighted by atomic mass is 35.5. The van der Waals surface area contributed by atoms with E-state index in [1.54, 1.807) is 9.80 Å². The molecule has 182 valence electrons. The average Bonchev–Trinajstić information content (AvgIpc) is 3.28. The second-order valence-electron chi connectivity index (χ2n) is 9.71. The van der Waals surface area contributed by atoms with Crippen molar-refractivity contribution in [3.63, 3.8) is 0 Å². The number of para-hydroxylation sites is 1. The number of hydrogen-bond donors (Lipinski definition) is 1. The van der Waals surface area contributed by atoms with Gasteiger partial charge in [0.1, 0.15) is 0 Å². The lowest BCUT2D eigenvalue weighted by Gasteiger charge is -2.51. The van der Waals surface area contributed by atoms with Gasteiger partial charge in [0.2, 0.25) is 5.91 Å². The maximum atomic E-state index is 14.1. The number of aromatic nitrogens is 1. The largest absolute Gasteiger partial charge is 0.356 e. The monoisotopic (exact) mass is 517 g/mol. The van der Waals surface area contributed by atoms with E-state index in [1.165, 1.54) is 0 Å². The van der Waals surface area contributed by atoms with Gasteiger partial charge in [-0.1, -0.05) is 71.7 Å². The molecule has 2 aliphatic rings. The quantitative estimate of drug-likeness (QED) is 0.374. The van der Waals surface area contributed by atoms with Crippen LogP contribution < -0.4 is 0 Å². The van der Waals surface area contributed by atoms with Crippen molar-refractivity contribution >= 4 is 45.9 Å². The molecule has 0 bridgehead atoms. The van der Waals surface area contributed by atoms with Gasteiger partial charge in [0.25, 0.3) is 5.91 Å². The van der Waals surface area contributed by atoms with E-state index in [9.17, 15) is 9.59 Å². The van der Waals surface area contributed by atoms with E-state index in [1.807, 2.05) is 73.7 Å². The van der Waals surface area contributed by atoms with Crippen LogP contribution in [0, 0.1) is 0 Å². The Balaban J connectivity index is 1.44. The molecule has 0 aliphatic carbocycles. The molecule has 3 heterocycles. The SMILES string of the molecule is C[C@]12C(=O)N(CCc3ccc(Cl)cc3)CC(=O)N1CC(c1ccccc1Cl)c1c2[nH]c2ccccc12. The lowest BCUT2D eigenvalue weighted by Crippen LogP contribution is -2.67. The molecule has 36 heavy (non-hydrogen) atoms. The molecule has 2 aliphatic heterocycles. The van der Waals surface area contributed by atoms with Crippen molar-refractivity contribution in [1.29, 1.82) is 0 Å². The Hall–Kier alpha value is -3.28. The summed E-state index contributed by atoms with van der Waals surface area (Å²) in [6.45, 7) is 2.79. The van der Waals surface area contributed by atoms with Crippen LogP contribution in [0.2, 0.25) is 10.0 Å². The molecule has 0 spiro atoms. The van der Waals surface area contributed by atoms with E-state index < -0.39 is 5.54 Å². The number of halogens is 2. The summed E-state index contributed by atoms with van der Waals surface area (Å²) < 4.78 is 0. The fraction of sp³-hybridized carbons (Fsp3) is 0.241. The van der Waals surface area contributed by atoms with Gasteiger partial charge >= 0.3 is 0 Å². The van der Waals surface area contributed by atoms with Gasteiger partial charge in [-0.05, 0) is 54.3 Å². The zero-order valence-electron chi connectivity index (χ0n) is 19.8. The van der Waals surface area contributed by atoms with Crippen LogP contribution in [0.15, 0.2) is 72.8 Å². The highest BCUT2D eigenvalue weighted by Crippen LogP contribution is 2.49. The molecular formula is C29H25Cl2N3O2. The predicted octanol–water partition coefficient (Wildman–Crippen LogP) is 5.75. The number of rotatable bonds is 4. The third kappa shape index (κ3) is 3.53. The first-order valence-electron chi connectivity index (χ1n) is 12.1. The molecule has 1 unspecified atom stereocenters. The van der Waals surface area contributed by atoms with Gasteiger partial charge in [-0.3, -0.25) is 9.59 Å². The van der Waals surface area contributed by atoms with Crippen molar-refractivity contribution in [2.45, 2.75) is 24.8 Å². The molecule has 0 saturated carbocycles. The molecule has 6 rings (SSSR count). The van der Waals surface area contributed by atoms with Crippen LogP contribution in [0.4, 0.5) is 0 Å². The topological polar surface area (TPSA) is 56.4 Å². The normalized spacial score (nSPS) is 21.6. The van der Waals surface area contributed by atoms with Crippen LogP contribution >= 0.6 is 23.2 Å². The minimum Gasteiger partial charge on any atom is -0.356 e. The number of hydrogen-bond acceptors (Lipinski definition) is 2. The van der Waals surface area contributed by atoms with Gasteiger partial charge in [-0.2, -0.15) is 0 Å². The molecule has 1 aromatic heterocycles. The van der Waals surface area contributed by atoms with Crippen LogP contribution in [-0.2, 0) is 21.5 Å². The maximum absolute atomic E-state index is 14.1. The Morgan fingerprint density at radius 3 is 2.47 bits per heavy atom. The second kappa shape index (κ2) is 8.68. The van der Waals surface area contributed by atoms with Crippen LogP contribution in [0.5, 0.6) is 0 Å². The zero-order valence-corrected chi connectivity index (χ0v) is 21.3. The zero-order chi connectivity index (χ0) is 25.0. The minimum atomic E-state index is -1.12. The number of benzene rings is 3. The van der Waals surface area contributed by atoms with Gasteiger partial charge in [-0.15, -0.1) is 0 Å². The van der Waals surface area contributed by atoms with Gasteiger partial charge in [-0.25, -0.2) is 0 Å². The molecule has 2 atom stereocenters. The number of H-pyrrole nitrogens is 1. The summed E-state index contributed by atoms with van der Waals surface area (Å²) in [6, 6.07) is 23.4. The number of fused-ring (bicyclic) bond motifs is 5. The second-order valence-corrected chi connectivity index (χ2v) is 10.6. The first kappa shape index (κ1) is 23.1. The molecule has 0 radical (unpaired) electrons. The van der Waals surface area contributed by atoms with Gasteiger partial charge in [0, 0.05) is 40.0 Å². The Labute approximate surface area is 219 Å². The molecule has 1 saturated heterocycles. The third-order valence-electron chi connectivity index (χ3n) is 7.68. The van der Waals surface area contributed by atoms with E-state index in [-0.39, 0.29) is 24.3 Å². The van der Waals surface area contributed by atoms with E-state index in [0.717, 1.165) is 33.3 Å². The molecule has 5 nitrogen and oxygen atoms in total. The third-order valence-corrected chi connectivity index (χ3v) is 8.28. The highest BCUT2D eigenvalue weighted by Gasteiger charge is 2.56. The van der Waals surface area contributed by atoms with Gasteiger partial charge in [0.15, 0.2) is 5.54 Å². The Morgan fingerprint density at radius 2 is 1.69 bits per heavy atom. The fourth-order valence-corrected chi connectivity index (χ4v) is 6.20. The van der Waals surface area contributed by atoms with E-state index in [0.29, 0.717) is 29.6 Å². The van der Waals surface area contributed by atoms with Crippen molar-refractivity contribution in [3.05, 3.63) is 105 Å². The van der Waals surface area contributed by atoms with Crippen molar-refractivity contribution in [2.75, 3.05) is 19.6 Å². The van der Waals surface area contributed by atoms with Crippen molar-refractivity contribution in [1.82, 2.24) is 14.8 Å².